The van der Waals surface area contributed by atoms with Gasteiger partial charge in [0.25, 0.3) is 0 Å². The summed E-state index contributed by atoms with van der Waals surface area (Å²) in [5.41, 5.74) is 2.57. The Bertz CT molecular complexity index is 508. The highest BCUT2D eigenvalue weighted by molar-refractivity contribution is 7.11. The van der Waals surface area contributed by atoms with E-state index in [2.05, 4.69) is 49.4 Å². The van der Waals surface area contributed by atoms with E-state index in [1.54, 1.807) is 0 Å². The summed E-state index contributed by atoms with van der Waals surface area (Å²) in [6.07, 6.45) is 2.16. The first-order valence-corrected chi connectivity index (χ1v) is 8.51. The van der Waals surface area contributed by atoms with Crippen LogP contribution in [0.5, 0.6) is 0 Å². The Kier molecular flexibility index (Phi) is 5.13. The van der Waals surface area contributed by atoms with E-state index in [0.717, 1.165) is 19.4 Å². The number of aryl methyl sites for hydroxylation is 3. The van der Waals surface area contributed by atoms with Crippen LogP contribution in [0.25, 0.3) is 0 Å². The summed E-state index contributed by atoms with van der Waals surface area (Å²) in [7, 11) is 0. The second-order valence-electron chi connectivity index (χ2n) is 4.93. The third-order valence-electron chi connectivity index (χ3n) is 3.31. The first kappa shape index (κ1) is 14.7. The van der Waals surface area contributed by atoms with E-state index in [1.165, 1.54) is 26.0 Å². The molecule has 0 aliphatic rings. The van der Waals surface area contributed by atoms with Crippen LogP contribution in [0, 0.1) is 20.8 Å². The Morgan fingerprint density at radius 3 is 2.63 bits per heavy atom. The zero-order valence-corrected chi connectivity index (χ0v) is 13.8. The Balaban J connectivity index is 2.16. The lowest BCUT2D eigenvalue weighted by Gasteiger charge is -2.17. The summed E-state index contributed by atoms with van der Waals surface area (Å²) in [4.78, 5) is 7.48. The summed E-state index contributed by atoms with van der Waals surface area (Å²) in [5, 5.41) is 7.10. The van der Waals surface area contributed by atoms with Crippen LogP contribution < -0.4 is 5.32 Å². The van der Waals surface area contributed by atoms with Crippen molar-refractivity contribution in [2.24, 2.45) is 0 Å². The van der Waals surface area contributed by atoms with Gasteiger partial charge in [-0.2, -0.15) is 0 Å². The van der Waals surface area contributed by atoms with Crippen LogP contribution in [0.1, 0.15) is 45.4 Å². The molecule has 2 heterocycles. The Morgan fingerprint density at radius 2 is 2.11 bits per heavy atom. The standard InChI is InChI=1S/C15H22N2S2/c1-5-7-16-13(15-10(2)6-8-18-15)9-14-17-11(3)12(4)19-14/h6,8,13,16H,5,7,9H2,1-4H3. The SMILES string of the molecule is CCCNC(Cc1nc(C)c(C)s1)c1sccc1C. The minimum Gasteiger partial charge on any atom is -0.309 e. The lowest BCUT2D eigenvalue weighted by Crippen LogP contribution is -2.23. The van der Waals surface area contributed by atoms with Gasteiger partial charge in [-0.1, -0.05) is 6.92 Å². The van der Waals surface area contributed by atoms with Gasteiger partial charge in [0.05, 0.1) is 10.7 Å². The first-order valence-electron chi connectivity index (χ1n) is 6.82. The summed E-state index contributed by atoms with van der Waals surface area (Å²) in [6, 6.07) is 2.61. The minimum atomic E-state index is 0.407. The zero-order chi connectivity index (χ0) is 13.8. The highest BCUT2D eigenvalue weighted by Crippen LogP contribution is 2.28. The van der Waals surface area contributed by atoms with Gasteiger partial charge < -0.3 is 5.32 Å². The summed E-state index contributed by atoms with van der Waals surface area (Å²) < 4.78 is 0. The number of nitrogens with one attached hydrogen (secondary N) is 1. The number of nitrogens with zero attached hydrogens (tertiary/aromatic N) is 1. The monoisotopic (exact) mass is 294 g/mol. The largest absolute Gasteiger partial charge is 0.309 e. The summed E-state index contributed by atoms with van der Waals surface area (Å²) >= 11 is 3.69. The average molecular weight is 294 g/mol. The Hall–Kier alpha value is -0.710. The number of hydrogen-bond donors (Lipinski definition) is 1. The van der Waals surface area contributed by atoms with Crippen molar-refractivity contribution in [1.29, 1.82) is 0 Å². The molecule has 0 amide bonds. The van der Waals surface area contributed by atoms with Crippen molar-refractivity contribution in [3.8, 4) is 0 Å². The van der Waals surface area contributed by atoms with Gasteiger partial charge in [0.15, 0.2) is 0 Å². The van der Waals surface area contributed by atoms with E-state index < -0.39 is 0 Å². The molecule has 2 aromatic rings. The van der Waals surface area contributed by atoms with Crippen molar-refractivity contribution in [2.75, 3.05) is 6.54 Å². The van der Waals surface area contributed by atoms with Crippen molar-refractivity contribution in [2.45, 2.75) is 46.6 Å². The van der Waals surface area contributed by atoms with Crippen molar-refractivity contribution in [3.63, 3.8) is 0 Å². The molecule has 1 unspecified atom stereocenters. The molecule has 0 spiro atoms. The second kappa shape index (κ2) is 6.64. The molecule has 0 saturated heterocycles. The van der Waals surface area contributed by atoms with Crippen molar-refractivity contribution in [3.05, 3.63) is 37.5 Å². The van der Waals surface area contributed by atoms with Crippen molar-refractivity contribution >= 4 is 22.7 Å². The van der Waals surface area contributed by atoms with Gasteiger partial charge in [-0.15, -0.1) is 22.7 Å². The average Bonchev–Trinajstić information content (AvgIpc) is 2.92. The number of aromatic nitrogens is 1. The quantitative estimate of drug-likeness (QED) is 0.853. The molecular weight excluding hydrogens is 272 g/mol. The second-order valence-corrected chi connectivity index (χ2v) is 7.16. The van der Waals surface area contributed by atoms with E-state index in [9.17, 15) is 0 Å². The zero-order valence-electron chi connectivity index (χ0n) is 12.1. The number of rotatable bonds is 6. The lowest BCUT2D eigenvalue weighted by atomic mass is 10.1. The molecule has 0 fully saturated rings. The van der Waals surface area contributed by atoms with Gasteiger partial charge in [-0.05, 0) is 50.7 Å². The van der Waals surface area contributed by atoms with Gasteiger partial charge in [0.2, 0.25) is 0 Å². The number of thiophene rings is 1. The molecule has 0 saturated carbocycles. The van der Waals surface area contributed by atoms with Gasteiger partial charge >= 0.3 is 0 Å². The topological polar surface area (TPSA) is 24.9 Å². The van der Waals surface area contributed by atoms with Gasteiger partial charge in [-0.25, -0.2) is 4.98 Å². The molecule has 0 radical (unpaired) electrons. The summed E-state index contributed by atoms with van der Waals surface area (Å²) in [6.45, 7) is 9.72. The van der Waals surface area contributed by atoms with E-state index in [-0.39, 0.29) is 0 Å². The van der Waals surface area contributed by atoms with Gasteiger partial charge in [0, 0.05) is 22.2 Å². The highest BCUT2D eigenvalue weighted by atomic mass is 32.1. The molecule has 0 aliphatic heterocycles. The van der Waals surface area contributed by atoms with E-state index in [4.69, 9.17) is 0 Å². The van der Waals surface area contributed by atoms with Gasteiger partial charge in [-0.3, -0.25) is 0 Å². The molecule has 19 heavy (non-hydrogen) atoms. The highest BCUT2D eigenvalue weighted by Gasteiger charge is 2.17. The maximum absolute atomic E-state index is 4.68. The predicted molar refractivity (Wildman–Crippen MR) is 85.4 cm³/mol. The molecular formula is C15H22N2S2. The van der Waals surface area contributed by atoms with E-state index in [0.29, 0.717) is 6.04 Å². The summed E-state index contributed by atoms with van der Waals surface area (Å²) in [5.74, 6) is 0. The number of hydrogen-bond acceptors (Lipinski definition) is 4. The third-order valence-corrected chi connectivity index (χ3v) is 5.54. The van der Waals surface area contributed by atoms with Crippen LogP contribution in [0.3, 0.4) is 0 Å². The molecule has 2 aromatic heterocycles. The lowest BCUT2D eigenvalue weighted by molar-refractivity contribution is 0.533. The maximum atomic E-state index is 4.68. The van der Waals surface area contributed by atoms with E-state index >= 15 is 0 Å². The van der Waals surface area contributed by atoms with Crippen LogP contribution in [-0.4, -0.2) is 11.5 Å². The van der Waals surface area contributed by atoms with Crippen LogP contribution in [0.2, 0.25) is 0 Å². The third kappa shape index (κ3) is 3.65. The van der Waals surface area contributed by atoms with Crippen LogP contribution in [0.15, 0.2) is 11.4 Å². The molecule has 0 aromatic carbocycles. The minimum absolute atomic E-state index is 0.407. The molecule has 2 nitrogen and oxygen atoms in total. The van der Waals surface area contributed by atoms with Crippen molar-refractivity contribution < 1.29 is 0 Å². The normalized spacial score (nSPS) is 12.8. The molecule has 4 heteroatoms. The van der Waals surface area contributed by atoms with Crippen LogP contribution in [0.4, 0.5) is 0 Å². The molecule has 0 aliphatic carbocycles. The Morgan fingerprint density at radius 1 is 1.32 bits per heavy atom. The maximum Gasteiger partial charge on any atom is 0.0950 e. The molecule has 1 atom stereocenters. The fourth-order valence-electron chi connectivity index (χ4n) is 2.12. The fourth-order valence-corrected chi connectivity index (χ4v) is 4.10. The van der Waals surface area contributed by atoms with Gasteiger partial charge in [0.1, 0.15) is 0 Å². The van der Waals surface area contributed by atoms with E-state index in [1.807, 2.05) is 22.7 Å². The van der Waals surface area contributed by atoms with Crippen molar-refractivity contribution in [1.82, 2.24) is 10.3 Å². The molecule has 0 bridgehead atoms. The molecule has 1 N–H and O–H groups in total. The first-order chi connectivity index (χ1) is 9.11. The Labute approximate surface area is 123 Å². The van der Waals surface area contributed by atoms with Crippen LogP contribution in [-0.2, 0) is 6.42 Å². The fraction of sp³-hybridized carbons (Fsp3) is 0.533. The smallest absolute Gasteiger partial charge is 0.0950 e. The molecule has 2 rings (SSSR count). The van der Waals surface area contributed by atoms with Crippen LogP contribution >= 0.6 is 22.7 Å². The molecule has 104 valence electrons. The number of thiazole rings is 1. The predicted octanol–water partition coefficient (Wildman–Crippen LogP) is 4.41.